The molecule has 142 valence electrons. The van der Waals surface area contributed by atoms with Crippen LogP contribution in [0, 0.1) is 3.57 Å². The Labute approximate surface area is 174 Å². The lowest BCUT2D eigenvalue weighted by atomic mass is 10.1. The topological polar surface area (TPSA) is 82.1 Å². The van der Waals surface area contributed by atoms with Crippen molar-refractivity contribution >= 4 is 57.8 Å². The van der Waals surface area contributed by atoms with Gasteiger partial charge in [0.1, 0.15) is 5.70 Å². The zero-order valence-electron chi connectivity index (χ0n) is 14.6. The first-order valence-electron chi connectivity index (χ1n) is 7.48. The molecule has 0 atom stereocenters. The summed E-state index contributed by atoms with van der Waals surface area (Å²) >= 11 is 8.06. The highest BCUT2D eigenvalue weighted by atomic mass is 127. The van der Waals surface area contributed by atoms with Gasteiger partial charge < -0.3 is 19.1 Å². The Morgan fingerprint density at radius 1 is 0.963 bits per heavy atom. The molecule has 0 saturated heterocycles. The molecule has 0 unspecified atom stereocenters. The molecule has 2 rings (SSSR count). The predicted molar refractivity (Wildman–Crippen MR) is 107 cm³/mol. The molecule has 0 radical (unpaired) electrons. The number of nitrogens with zero attached hydrogens (tertiary/aromatic N) is 1. The first-order valence-corrected chi connectivity index (χ1v) is 8.93. The van der Waals surface area contributed by atoms with Crippen molar-refractivity contribution in [2.24, 2.45) is 0 Å². The summed E-state index contributed by atoms with van der Waals surface area (Å²) in [5, 5.41) is 0.317. The number of carbonyl (C=O) groups excluding carboxylic acids is 3. The van der Waals surface area contributed by atoms with Crippen molar-refractivity contribution in [2.45, 2.75) is 0 Å². The molecular weight excluding hydrogens is 489 g/mol. The predicted octanol–water partition coefficient (Wildman–Crippen LogP) is 3.22. The van der Waals surface area contributed by atoms with Gasteiger partial charge >= 0.3 is 17.9 Å². The SMILES string of the molecule is COC(=O)C1=C(C(=O)OC)N(c2c(I)cc(Cl)cc2C(=O)OC)C=CC=C1. The van der Waals surface area contributed by atoms with Crippen LogP contribution >= 0.6 is 34.2 Å². The van der Waals surface area contributed by atoms with Gasteiger partial charge in [-0.15, -0.1) is 0 Å². The van der Waals surface area contributed by atoms with Crippen LogP contribution in [0.3, 0.4) is 0 Å². The number of methoxy groups -OCH3 is 3. The van der Waals surface area contributed by atoms with Crippen LogP contribution in [0.25, 0.3) is 0 Å². The van der Waals surface area contributed by atoms with Gasteiger partial charge in [0.15, 0.2) is 0 Å². The number of benzene rings is 1. The largest absolute Gasteiger partial charge is 0.465 e. The Hall–Kier alpha value is -2.33. The number of anilines is 1. The van der Waals surface area contributed by atoms with Crippen molar-refractivity contribution in [1.82, 2.24) is 0 Å². The Balaban J connectivity index is 2.84. The van der Waals surface area contributed by atoms with Crippen LogP contribution in [0.1, 0.15) is 10.4 Å². The van der Waals surface area contributed by atoms with Gasteiger partial charge in [0.05, 0.1) is 38.2 Å². The van der Waals surface area contributed by atoms with Crippen molar-refractivity contribution in [3.8, 4) is 0 Å². The second-order valence-corrected chi connectivity index (χ2v) is 6.69. The Kier molecular flexibility index (Phi) is 7.03. The third kappa shape index (κ3) is 4.33. The smallest absolute Gasteiger partial charge is 0.355 e. The minimum atomic E-state index is -0.784. The van der Waals surface area contributed by atoms with E-state index in [1.54, 1.807) is 18.2 Å². The highest BCUT2D eigenvalue weighted by molar-refractivity contribution is 14.1. The summed E-state index contributed by atoms with van der Waals surface area (Å²) in [6.45, 7) is 0. The average Bonchev–Trinajstić information content (AvgIpc) is 2.88. The highest BCUT2D eigenvalue weighted by Gasteiger charge is 2.31. The third-order valence-electron chi connectivity index (χ3n) is 3.56. The molecule has 0 fully saturated rings. The normalized spacial score (nSPS) is 13.3. The molecule has 0 aliphatic carbocycles. The standard InChI is InChI=1S/C18H15ClINO6/c1-25-16(22)11-6-4-5-7-21(15(11)18(24)27-3)14-12(17(23)26-2)8-10(19)9-13(14)20/h4-9H,1-3H3. The Bertz CT molecular complexity index is 890. The van der Waals surface area contributed by atoms with E-state index in [-0.39, 0.29) is 16.8 Å². The van der Waals surface area contributed by atoms with Gasteiger partial charge in [-0.1, -0.05) is 17.7 Å². The van der Waals surface area contributed by atoms with Crippen molar-refractivity contribution in [3.05, 3.63) is 62.0 Å². The number of esters is 3. The van der Waals surface area contributed by atoms with E-state index in [0.29, 0.717) is 14.3 Å². The molecule has 1 aliphatic rings. The van der Waals surface area contributed by atoms with E-state index in [2.05, 4.69) is 0 Å². The van der Waals surface area contributed by atoms with Crippen LogP contribution in [0.15, 0.2) is 47.8 Å². The minimum Gasteiger partial charge on any atom is -0.465 e. The van der Waals surface area contributed by atoms with Crippen LogP contribution in [0.5, 0.6) is 0 Å². The molecule has 27 heavy (non-hydrogen) atoms. The lowest BCUT2D eigenvalue weighted by Crippen LogP contribution is -2.29. The van der Waals surface area contributed by atoms with Gasteiger partial charge in [-0.2, -0.15) is 0 Å². The van der Waals surface area contributed by atoms with Crippen LogP contribution in [0.4, 0.5) is 5.69 Å². The quantitative estimate of drug-likeness (QED) is 0.354. The van der Waals surface area contributed by atoms with E-state index in [1.165, 1.54) is 44.6 Å². The summed E-state index contributed by atoms with van der Waals surface area (Å²) in [5.41, 5.74) is 0.288. The molecule has 1 aromatic rings. The van der Waals surface area contributed by atoms with Gasteiger partial charge in [-0.05, 0) is 46.9 Å². The Morgan fingerprint density at radius 2 is 1.59 bits per heavy atom. The van der Waals surface area contributed by atoms with E-state index < -0.39 is 17.9 Å². The molecule has 0 bridgehead atoms. The summed E-state index contributed by atoms with van der Waals surface area (Å²) in [4.78, 5) is 38.4. The number of halogens is 2. The van der Waals surface area contributed by atoms with Crippen molar-refractivity contribution < 1.29 is 28.6 Å². The lowest BCUT2D eigenvalue weighted by Gasteiger charge is -2.26. The van der Waals surface area contributed by atoms with Crippen LogP contribution in [-0.2, 0) is 23.8 Å². The number of rotatable bonds is 4. The number of carbonyl (C=O) groups is 3. The van der Waals surface area contributed by atoms with E-state index in [0.717, 1.165) is 0 Å². The molecule has 0 N–H and O–H groups in total. The maximum Gasteiger partial charge on any atom is 0.355 e. The van der Waals surface area contributed by atoms with Crippen molar-refractivity contribution in [1.29, 1.82) is 0 Å². The number of hydrogen-bond acceptors (Lipinski definition) is 7. The van der Waals surface area contributed by atoms with Crippen molar-refractivity contribution in [2.75, 3.05) is 26.2 Å². The fourth-order valence-electron chi connectivity index (χ4n) is 2.41. The fraction of sp³-hybridized carbons (Fsp3) is 0.167. The van der Waals surface area contributed by atoms with E-state index in [4.69, 9.17) is 25.8 Å². The first kappa shape index (κ1) is 21.0. The van der Waals surface area contributed by atoms with Gasteiger partial charge in [0, 0.05) is 14.8 Å². The van der Waals surface area contributed by atoms with Gasteiger partial charge in [0.2, 0.25) is 0 Å². The monoisotopic (exact) mass is 503 g/mol. The molecule has 1 heterocycles. The zero-order chi connectivity index (χ0) is 20.1. The first-order chi connectivity index (χ1) is 12.8. The van der Waals surface area contributed by atoms with Gasteiger partial charge in [0.25, 0.3) is 0 Å². The summed E-state index contributed by atoms with van der Waals surface area (Å²) < 4.78 is 15.0. The Morgan fingerprint density at radius 3 is 2.19 bits per heavy atom. The molecule has 0 amide bonds. The molecule has 0 saturated carbocycles. The highest BCUT2D eigenvalue weighted by Crippen LogP contribution is 2.35. The van der Waals surface area contributed by atoms with Gasteiger partial charge in [-0.25, -0.2) is 14.4 Å². The van der Waals surface area contributed by atoms with E-state index >= 15 is 0 Å². The number of allylic oxidation sites excluding steroid dienone is 2. The fourth-order valence-corrected chi connectivity index (χ4v) is 3.70. The zero-order valence-corrected chi connectivity index (χ0v) is 17.5. The molecule has 1 aromatic carbocycles. The molecule has 9 heteroatoms. The number of ether oxygens (including phenoxy) is 3. The summed E-state index contributed by atoms with van der Waals surface area (Å²) in [6.07, 6.45) is 6.12. The van der Waals surface area contributed by atoms with Crippen molar-refractivity contribution in [3.63, 3.8) is 0 Å². The summed E-state index contributed by atoms with van der Waals surface area (Å²) in [5.74, 6) is -2.17. The third-order valence-corrected chi connectivity index (χ3v) is 4.60. The van der Waals surface area contributed by atoms with E-state index in [1.807, 2.05) is 22.6 Å². The van der Waals surface area contributed by atoms with Crippen LogP contribution in [-0.4, -0.2) is 39.2 Å². The maximum absolute atomic E-state index is 12.5. The molecule has 7 nitrogen and oxygen atoms in total. The minimum absolute atomic E-state index is 0.0316. The number of hydrogen-bond donors (Lipinski definition) is 0. The van der Waals surface area contributed by atoms with Crippen LogP contribution in [0.2, 0.25) is 5.02 Å². The second-order valence-electron chi connectivity index (χ2n) is 5.09. The maximum atomic E-state index is 12.5. The molecule has 0 spiro atoms. The van der Waals surface area contributed by atoms with Gasteiger partial charge in [-0.3, -0.25) is 0 Å². The lowest BCUT2D eigenvalue weighted by molar-refractivity contribution is -0.139. The summed E-state index contributed by atoms with van der Waals surface area (Å²) in [6, 6.07) is 3.03. The average molecular weight is 504 g/mol. The van der Waals surface area contributed by atoms with E-state index in [9.17, 15) is 14.4 Å². The molecule has 1 aliphatic heterocycles. The summed E-state index contributed by atoms with van der Waals surface area (Å²) in [7, 11) is 3.62. The molecule has 0 aromatic heterocycles. The molecular formula is C18H15ClINO6. The van der Waals surface area contributed by atoms with Crippen LogP contribution < -0.4 is 4.90 Å². The second kappa shape index (κ2) is 9.05.